The van der Waals surface area contributed by atoms with Crippen molar-refractivity contribution in [3.05, 3.63) is 23.8 Å². The van der Waals surface area contributed by atoms with E-state index in [4.69, 9.17) is 5.73 Å². The molecule has 0 saturated heterocycles. The largest absolute Gasteiger partial charge is 0.396 e. The predicted octanol–water partition coefficient (Wildman–Crippen LogP) is 2.49. The van der Waals surface area contributed by atoms with Gasteiger partial charge in [-0.15, -0.1) is 5.10 Å². The zero-order chi connectivity index (χ0) is 14.3. The van der Waals surface area contributed by atoms with Crippen LogP contribution in [0.4, 0.5) is 14.5 Å². The molecule has 0 atom stereocenters. The number of halogens is 2. The molecule has 2 N–H and O–H groups in total. The molecular weight excluding hydrogens is 264 g/mol. The van der Waals surface area contributed by atoms with E-state index >= 15 is 0 Å². The van der Waals surface area contributed by atoms with E-state index in [-0.39, 0.29) is 16.8 Å². The lowest BCUT2D eigenvalue weighted by atomic mass is 10.0. The average Bonchev–Trinajstić information content (AvgIpc) is 3.03. The molecule has 1 heterocycles. The summed E-state index contributed by atoms with van der Waals surface area (Å²) < 4.78 is 28.9. The summed E-state index contributed by atoms with van der Waals surface area (Å²) in [5.41, 5.74) is 5.29. The summed E-state index contributed by atoms with van der Waals surface area (Å²) in [4.78, 5) is 0. The van der Waals surface area contributed by atoms with Gasteiger partial charge in [-0.3, -0.25) is 0 Å². The molecule has 3 rings (SSSR count). The third-order valence-corrected chi connectivity index (χ3v) is 3.99. The molecule has 1 saturated carbocycles. The number of hydrogen-bond donors (Lipinski definition) is 1. The minimum atomic E-state index is -0.780. The van der Waals surface area contributed by atoms with Crippen LogP contribution in [0.1, 0.15) is 32.6 Å². The molecule has 0 bridgehead atoms. The molecule has 1 aliphatic carbocycles. The maximum absolute atomic E-state index is 14.0. The van der Waals surface area contributed by atoms with Gasteiger partial charge in [0.25, 0.3) is 0 Å². The fourth-order valence-corrected chi connectivity index (χ4v) is 2.80. The Balaban J connectivity index is 2.13. The summed E-state index contributed by atoms with van der Waals surface area (Å²) >= 11 is 0. The monoisotopic (exact) mass is 279 g/mol. The van der Waals surface area contributed by atoms with Crippen LogP contribution in [0.15, 0.2) is 12.1 Å². The van der Waals surface area contributed by atoms with E-state index in [2.05, 4.69) is 15.5 Å². The van der Waals surface area contributed by atoms with E-state index in [0.717, 1.165) is 31.7 Å². The summed E-state index contributed by atoms with van der Waals surface area (Å²) in [5.74, 6) is -1.20. The number of tetrazole rings is 1. The third-order valence-electron chi connectivity index (χ3n) is 3.99. The molecular formula is C13H15F2N5. The number of benzene rings is 1. The van der Waals surface area contributed by atoms with Crippen molar-refractivity contribution in [2.75, 3.05) is 5.73 Å². The van der Waals surface area contributed by atoms with Gasteiger partial charge in [-0.2, -0.15) is 0 Å². The van der Waals surface area contributed by atoms with Crippen molar-refractivity contribution in [3.8, 4) is 11.4 Å². The standard InChI is InChI=1S/C13H15F2N5/c1-13(4-2-3-5-13)20-12(17-18-19-20)8-6-11(16)10(15)7-9(8)14/h6-7H,2-5,16H2,1H3. The highest BCUT2D eigenvalue weighted by Gasteiger charge is 2.35. The summed E-state index contributed by atoms with van der Waals surface area (Å²) in [6.45, 7) is 2.05. The Labute approximate surface area is 114 Å². The smallest absolute Gasteiger partial charge is 0.185 e. The molecule has 5 nitrogen and oxygen atoms in total. The Bertz CT molecular complexity index is 646. The number of aromatic nitrogens is 4. The maximum atomic E-state index is 14.0. The van der Waals surface area contributed by atoms with Crippen molar-refractivity contribution in [1.82, 2.24) is 20.2 Å². The summed E-state index contributed by atoms with van der Waals surface area (Å²) in [6.07, 6.45) is 4.04. The van der Waals surface area contributed by atoms with Gasteiger partial charge in [0.2, 0.25) is 0 Å². The van der Waals surface area contributed by atoms with Crippen LogP contribution in [-0.2, 0) is 5.54 Å². The molecule has 0 amide bonds. The summed E-state index contributed by atoms with van der Waals surface area (Å²) in [7, 11) is 0. The summed E-state index contributed by atoms with van der Waals surface area (Å²) in [6, 6.07) is 2.01. The fourth-order valence-electron chi connectivity index (χ4n) is 2.80. The minimum absolute atomic E-state index is 0.118. The Morgan fingerprint density at radius 1 is 1.20 bits per heavy atom. The lowest BCUT2D eigenvalue weighted by Gasteiger charge is -2.24. The van der Waals surface area contributed by atoms with Crippen LogP contribution in [-0.4, -0.2) is 20.2 Å². The highest BCUT2D eigenvalue weighted by atomic mass is 19.1. The molecule has 0 radical (unpaired) electrons. The second-order valence-electron chi connectivity index (χ2n) is 5.47. The van der Waals surface area contributed by atoms with Gasteiger partial charge >= 0.3 is 0 Å². The van der Waals surface area contributed by atoms with E-state index in [1.54, 1.807) is 4.68 Å². The number of anilines is 1. The second-order valence-corrected chi connectivity index (χ2v) is 5.47. The quantitative estimate of drug-likeness (QED) is 0.857. The van der Waals surface area contributed by atoms with Crippen LogP contribution >= 0.6 is 0 Å². The second kappa shape index (κ2) is 4.50. The van der Waals surface area contributed by atoms with Gasteiger partial charge in [-0.25, -0.2) is 13.5 Å². The van der Waals surface area contributed by atoms with Crippen LogP contribution in [0.2, 0.25) is 0 Å². The Kier molecular flexibility index (Phi) is 2.92. The normalized spacial score (nSPS) is 17.6. The number of nitrogens with two attached hydrogens (primary N) is 1. The molecule has 0 spiro atoms. The van der Waals surface area contributed by atoms with Crippen LogP contribution in [0.3, 0.4) is 0 Å². The van der Waals surface area contributed by atoms with Crippen molar-refractivity contribution >= 4 is 5.69 Å². The molecule has 0 aliphatic heterocycles. The average molecular weight is 279 g/mol. The van der Waals surface area contributed by atoms with Gasteiger partial charge < -0.3 is 5.73 Å². The molecule has 106 valence electrons. The molecule has 2 aromatic rings. The van der Waals surface area contributed by atoms with E-state index < -0.39 is 11.6 Å². The first kappa shape index (κ1) is 13.0. The van der Waals surface area contributed by atoms with Gasteiger partial charge in [0.1, 0.15) is 11.6 Å². The predicted molar refractivity (Wildman–Crippen MR) is 69.7 cm³/mol. The molecule has 1 aromatic heterocycles. The molecule has 7 heteroatoms. The van der Waals surface area contributed by atoms with Crippen molar-refractivity contribution in [3.63, 3.8) is 0 Å². The van der Waals surface area contributed by atoms with Crippen LogP contribution < -0.4 is 5.73 Å². The van der Waals surface area contributed by atoms with Gasteiger partial charge in [-0.1, -0.05) is 12.8 Å². The Morgan fingerprint density at radius 3 is 2.60 bits per heavy atom. The zero-order valence-corrected chi connectivity index (χ0v) is 11.1. The van der Waals surface area contributed by atoms with Gasteiger partial charge in [0.05, 0.1) is 16.8 Å². The lowest BCUT2D eigenvalue weighted by molar-refractivity contribution is 0.292. The summed E-state index contributed by atoms with van der Waals surface area (Å²) in [5, 5.41) is 11.5. The number of rotatable bonds is 2. The van der Waals surface area contributed by atoms with Crippen LogP contribution in [0.5, 0.6) is 0 Å². The zero-order valence-electron chi connectivity index (χ0n) is 11.1. The highest BCUT2D eigenvalue weighted by Crippen LogP contribution is 2.38. The lowest BCUT2D eigenvalue weighted by Crippen LogP contribution is -2.28. The van der Waals surface area contributed by atoms with Crippen molar-refractivity contribution in [2.45, 2.75) is 38.1 Å². The molecule has 1 aromatic carbocycles. The molecule has 1 fully saturated rings. The van der Waals surface area contributed by atoms with Crippen molar-refractivity contribution < 1.29 is 8.78 Å². The number of nitrogens with zero attached hydrogens (tertiary/aromatic N) is 4. The third kappa shape index (κ3) is 1.93. The fraction of sp³-hybridized carbons (Fsp3) is 0.462. The van der Waals surface area contributed by atoms with E-state index in [9.17, 15) is 8.78 Å². The highest BCUT2D eigenvalue weighted by molar-refractivity contribution is 5.62. The minimum Gasteiger partial charge on any atom is -0.396 e. The first-order valence-corrected chi connectivity index (χ1v) is 6.55. The molecule has 20 heavy (non-hydrogen) atoms. The van der Waals surface area contributed by atoms with E-state index in [0.29, 0.717) is 5.82 Å². The number of nitrogen functional groups attached to an aromatic ring is 1. The Hall–Kier alpha value is -2.05. The first-order chi connectivity index (χ1) is 9.51. The van der Waals surface area contributed by atoms with E-state index in [1.165, 1.54) is 6.07 Å². The van der Waals surface area contributed by atoms with Crippen molar-refractivity contribution in [2.24, 2.45) is 0 Å². The first-order valence-electron chi connectivity index (χ1n) is 6.55. The van der Waals surface area contributed by atoms with Crippen LogP contribution in [0.25, 0.3) is 11.4 Å². The molecule has 1 aliphatic rings. The van der Waals surface area contributed by atoms with Gasteiger partial charge in [0.15, 0.2) is 5.82 Å². The number of hydrogen-bond acceptors (Lipinski definition) is 4. The maximum Gasteiger partial charge on any atom is 0.185 e. The van der Waals surface area contributed by atoms with Crippen LogP contribution in [0, 0.1) is 11.6 Å². The SMILES string of the molecule is CC1(n2nnnc2-c2cc(N)c(F)cc2F)CCCC1. The van der Waals surface area contributed by atoms with Gasteiger partial charge in [0, 0.05) is 6.07 Å². The molecule has 0 unspecified atom stereocenters. The van der Waals surface area contributed by atoms with Gasteiger partial charge in [-0.05, 0) is 36.3 Å². The van der Waals surface area contributed by atoms with E-state index in [1.807, 2.05) is 6.92 Å². The topological polar surface area (TPSA) is 69.6 Å². The Morgan fingerprint density at radius 2 is 1.90 bits per heavy atom. The van der Waals surface area contributed by atoms with Crippen molar-refractivity contribution in [1.29, 1.82) is 0 Å².